The summed E-state index contributed by atoms with van der Waals surface area (Å²) in [6.07, 6.45) is 8.03. The van der Waals surface area contributed by atoms with Crippen LogP contribution < -0.4 is 10.2 Å². The SMILES string of the molecule is COc1ccc2ccc3c(=O)c(CN(CCCn4cnc5ccccc54)Cc4ccncc4)coc3c2c1. The fourth-order valence-electron chi connectivity index (χ4n) is 5.02. The van der Waals surface area contributed by atoms with Gasteiger partial charge in [-0.2, -0.15) is 0 Å². The predicted molar refractivity (Wildman–Crippen MR) is 149 cm³/mol. The number of hydrogen-bond donors (Lipinski definition) is 0. The molecule has 0 saturated carbocycles. The Morgan fingerprint density at radius 1 is 0.974 bits per heavy atom. The number of ether oxygens (including phenoxy) is 1. The molecule has 0 spiro atoms. The minimum Gasteiger partial charge on any atom is -0.497 e. The van der Waals surface area contributed by atoms with Gasteiger partial charge in [0.2, 0.25) is 0 Å². The molecule has 3 heterocycles. The summed E-state index contributed by atoms with van der Waals surface area (Å²) in [7, 11) is 1.63. The topological polar surface area (TPSA) is 73.4 Å². The van der Waals surface area contributed by atoms with Crippen molar-refractivity contribution in [3.8, 4) is 5.75 Å². The van der Waals surface area contributed by atoms with Crippen LogP contribution in [0.4, 0.5) is 0 Å². The van der Waals surface area contributed by atoms with Gasteiger partial charge >= 0.3 is 0 Å². The van der Waals surface area contributed by atoms with Gasteiger partial charge in [-0.15, -0.1) is 0 Å². The van der Waals surface area contributed by atoms with E-state index < -0.39 is 0 Å². The van der Waals surface area contributed by atoms with Crippen molar-refractivity contribution in [2.75, 3.05) is 13.7 Å². The van der Waals surface area contributed by atoms with Gasteiger partial charge in [0, 0.05) is 49.5 Å². The molecule has 0 aliphatic rings. The number of imidazole rings is 1. The fraction of sp³-hybridized carbons (Fsp3) is 0.194. The van der Waals surface area contributed by atoms with Crippen molar-refractivity contribution < 1.29 is 9.15 Å². The molecule has 0 fully saturated rings. The number of fused-ring (bicyclic) bond motifs is 4. The minimum atomic E-state index is -0.00342. The van der Waals surface area contributed by atoms with Gasteiger partial charge in [-0.05, 0) is 59.8 Å². The van der Waals surface area contributed by atoms with Crippen LogP contribution in [0.2, 0.25) is 0 Å². The first-order valence-electron chi connectivity index (χ1n) is 12.7. The largest absolute Gasteiger partial charge is 0.497 e. The minimum absolute atomic E-state index is 0.00342. The van der Waals surface area contributed by atoms with Gasteiger partial charge < -0.3 is 13.7 Å². The third-order valence-corrected chi connectivity index (χ3v) is 6.98. The molecule has 0 N–H and O–H groups in total. The molecule has 0 atom stereocenters. The number of methoxy groups -OCH3 is 1. The third-order valence-electron chi connectivity index (χ3n) is 6.98. The lowest BCUT2D eigenvalue weighted by molar-refractivity contribution is 0.246. The maximum Gasteiger partial charge on any atom is 0.197 e. The molecule has 0 bridgehead atoms. The monoisotopic (exact) mass is 504 g/mol. The van der Waals surface area contributed by atoms with E-state index in [4.69, 9.17) is 9.15 Å². The van der Waals surface area contributed by atoms with Crippen molar-refractivity contribution in [1.82, 2.24) is 19.4 Å². The first kappa shape index (κ1) is 23.9. The Hall–Kier alpha value is -4.49. The molecule has 3 aromatic heterocycles. The summed E-state index contributed by atoms with van der Waals surface area (Å²) in [5.74, 6) is 0.728. The Morgan fingerprint density at radius 2 is 1.82 bits per heavy atom. The molecule has 0 radical (unpaired) electrons. The van der Waals surface area contributed by atoms with E-state index >= 15 is 0 Å². The Kier molecular flexibility index (Phi) is 6.58. The third kappa shape index (κ3) is 4.76. The summed E-state index contributed by atoms with van der Waals surface area (Å²) in [5.41, 5.74) is 4.50. The molecule has 6 aromatic rings. The van der Waals surface area contributed by atoms with E-state index in [1.54, 1.807) is 25.8 Å². The summed E-state index contributed by atoms with van der Waals surface area (Å²) in [6, 6.07) is 21.8. The van der Waals surface area contributed by atoms with E-state index in [2.05, 4.69) is 25.5 Å². The first-order valence-corrected chi connectivity index (χ1v) is 12.7. The van der Waals surface area contributed by atoms with E-state index in [-0.39, 0.29) is 5.43 Å². The van der Waals surface area contributed by atoms with Crippen LogP contribution in [0.3, 0.4) is 0 Å². The molecule has 3 aromatic carbocycles. The maximum atomic E-state index is 13.6. The normalized spacial score (nSPS) is 11.6. The van der Waals surface area contributed by atoms with Crippen LogP contribution in [0.1, 0.15) is 17.5 Å². The van der Waals surface area contributed by atoms with E-state index in [9.17, 15) is 4.79 Å². The van der Waals surface area contributed by atoms with Crippen molar-refractivity contribution >= 4 is 32.8 Å². The lowest BCUT2D eigenvalue weighted by Crippen LogP contribution is -2.27. The van der Waals surface area contributed by atoms with Gasteiger partial charge in [-0.25, -0.2) is 4.98 Å². The highest BCUT2D eigenvalue weighted by atomic mass is 16.5. The van der Waals surface area contributed by atoms with Gasteiger partial charge in [0.05, 0.1) is 36.1 Å². The van der Waals surface area contributed by atoms with Crippen LogP contribution >= 0.6 is 0 Å². The number of pyridine rings is 1. The summed E-state index contributed by atoms with van der Waals surface area (Å²) >= 11 is 0. The molecular formula is C31H28N4O3. The summed E-state index contributed by atoms with van der Waals surface area (Å²) in [6.45, 7) is 2.84. The molecule has 0 saturated heterocycles. The second-order valence-electron chi connectivity index (χ2n) is 9.47. The van der Waals surface area contributed by atoms with E-state index in [0.29, 0.717) is 29.6 Å². The number of rotatable bonds is 9. The molecule has 0 amide bonds. The van der Waals surface area contributed by atoms with Crippen molar-refractivity contribution in [2.45, 2.75) is 26.1 Å². The van der Waals surface area contributed by atoms with Gasteiger partial charge in [0.25, 0.3) is 0 Å². The molecule has 7 nitrogen and oxygen atoms in total. The summed E-state index contributed by atoms with van der Waals surface area (Å²) in [4.78, 5) is 24.5. The first-order chi connectivity index (χ1) is 18.7. The molecule has 0 aliphatic heterocycles. The Morgan fingerprint density at radius 3 is 2.68 bits per heavy atom. The lowest BCUT2D eigenvalue weighted by atomic mass is 10.1. The average molecular weight is 505 g/mol. The molecule has 6 rings (SSSR count). The van der Waals surface area contributed by atoms with Crippen molar-refractivity contribution in [3.63, 3.8) is 0 Å². The van der Waals surface area contributed by atoms with Crippen LogP contribution in [0.25, 0.3) is 32.8 Å². The smallest absolute Gasteiger partial charge is 0.197 e. The zero-order valence-electron chi connectivity index (χ0n) is 21.2. The number of para-hydroxylation sites is 2. The number of aromatic nitrogens is 3. The number of aryl methyl sites for hydroxylation is 1. The molecule has 190 valence electrons. The summed E-state index contributed by atoms with van der Waals surface area (Å²) < 4.78 is 13.7. The van der Waals surface area contributed by atoms with E-state index in [1.165, 1.54) is 0 Å². The zero-order chi connectivity index (χ0) is 25.9. The molecule has 38 heavy (non-hydrogen) atoms. The maximum absolute atomic E-state index is 13.6. The number of nitrogens with zero attached hydrogens (tertiary/aromatic N) is 4. The van der Waals surface area contributed by atoms with Gasteiger partial charge in [0.15, 0.2) is 5.43 Å². The van der Waals surface area contributed by atoms with Crippen molar-refractivity contribution in [2.24, 2.45) is 0 Å². The van der Waals surface area contributed by atoms with Crippen LogP contribution in [-0.4, -0.2) is 33.1 Å². The second kappa shape index (κ2) is 10.5. The van der Waals surface area contributed by atoms with Crippen LogP contribution in [0, 0.1) is 0 Å². The highest BCUT2D eigenvalue weighted by molar-refractivity contribution is 6.04. The fourth-order valence-corrected chi connectivity index (χ4v) is 5.02. The average Bonchev–Trinajstić information content (AvgIpc) is 3.37. The van der Waals surface area contributed by atoms with Crippen molar-refractivity contribution in [1.29, 1.82) is 0 Å². The zero-order valence-corrected chi connectivity index (χ0v) is 21.2. The van der Waals surface area contributed by atoms with Gasteiger partial charge in [-0.1, -0.05) is 24.3 Å². The number of benzene rings is 3. The molecular weight excluding hydrogens is 476 g/mol. The number of hydrogen-bond acceptors (Lipinski definition) is 6. The standard InChI is InChI=1S/C31H28N4O3/c1-37-25-9-7-23-8-10-26-30(36)24(20-38-31(26)27(23)17-25)19-34(18-22-11-13-32-14-12-22)15-4-16-35-21-33-28-5-2-3-6-29(28)35/h2-3,5-14,17,20-21H,4,15-16,18-19H2,1H3. The molecule has 0 unspecified atom stereocenters. The van der Waals surface area contributed by atoms with Gasteiger partial charge in [0.1, 0.15) is 11.3 Å². The van der Waals surface area contributed by atoms with E-state index in [1.807, 2.05) is 67.0 Å². The Balaban J connectivity index is 1.27. The van der Waals surface area contributed by atoms with Crippen molar-refractivity contribution in [3.05, 3.63) is 113 Å². The molecule has 7 heteroatoms. The Labute approximate surface area is 219 Å². The highest BCUT2D eigenvalue weighted by Gasteiger charge is 2.15. The Bertz CT molecular complexity index is 1780. The predicted octanol–water partition coefficient (Wildman–Crippen LogP) is 5.79. The quantitative estimate of drug-likeness (QED) is 0.232. The highest BCUT2D eigenvalue weighted by Crippen LogP contribution is 2.28. The second-order valence-corrected chi connectivity index (χ2v) is 9.47. The van der Waals surface area contributed by atoms with Crippen LogP contribution in [0.5, 0.6) is 5.75 Å². The van der Waals surface area contributed by atoms with Gasteiger partial charge in [-0.3, -0.25) is 14.7 Å². The van der Waals surface area contributed by atoms with E-state index in [0.717, 1.165) is 52.6 Å². The van der Waals surface area contributed by atoms with Crippen LogP contribution in [-0.2, 0) is 19.6 Å². The summed E-state index contributed by atoms with van der Waals surface area (Å²) in [5, 5.41) is 2.45. The molecule has 0 aliphatic carbocycles. The van der Waals surface area contributed by atoms with Crippen LogP contribution in [0.15, 0.2) is 101 Å². The lowest BCUT2D eigenvalue weighted by Gasteiger charge is -2.22.